The van der Waals surface area contributed by atoms with Crippen LogP contribution in [0.15, 0.2) is 0 Å². The van der Waals surface area contributed by atoms with Gasteiger partial charge in [-0.05, 0) is 33.6 Å². The van der Waals surface area contributed by atoms with Gasteiger partial charge >= 0.3 is 8.80 Å². The Morgan fingerprint density at radius 2 is 1.53 bits per heavy atom. The zero-order chi connectivity index (χ0) is 13.1. The summed E-state index contributed by atoms with van der Waals surface area (Å²) in [5.74, 6) is 0.575. The first-order chi connectivity index (χ1) is 8.20. The molecule has 0 spiro atoms. The highest BCUT2D eigenvalue weighted by Crippen LogP contribution is 2.30. The zero-order valence-corrected chi connectivity index (χ0v) is 12.8. The van der Waals surface area contributed by atoms with Crippen molar-refractivity contribution in [3.63, 3.8) is 0 Å². The summed E-state index contributed by atoms with van der Waals surface area (Å²) in [4.78, 5) is 0. The van der Waals surface area contributed by atoms with Gasteiger partial charge in [0.1, 0.15) is 0 Å². The first kappa shape index (κ1) is 17.3. The van der Waals surface area contributed by atoms with E-state index in [1.807, 2.05) is 20.8 Å². The molecular formula is C11H25ClO4Si. The Morgan fingerprint density at radius 1 is 1.06 bits per heavy atom. The van der Waals surface area contributed by atoms with Crippen molar-refractivity contribution in [2.45, 2.75) is 39.2 Å². The van der Waals surface area contributed by atoms with E-state index in [0.717, 1.165) is 12.8 Å². The van der Waals surface area contributed by atoms with Crippen LogP contribution in [0.3, 0.4) is 0 Å². The van der Waals surface area contributed by atoms with Gasteiger partial charge in [0.05, 0.1) is 12.1 Å². The first-order valence-electron chi connectivity index (χ1n) is 6.29. The summed E-state index contributed by atoms with van der Waals surface area (Å²) in [6, 6.07) is 0. The van der Waals surface area contributed by atoms with Crippen molar-refractivity contribution >= 4 is 20.4 Å². The van der Waals surface area contributed by atoms with E-state index in [4.69, 9.17) is 24.9 Å². The SMILES string of the molecule is CCO[Si](OCC)(OCC)C(CO)CCCCl. The third kappa shape index (κ3) is 5.68. The van der Waals surface area contributed by atoms with Crippen molar-refractivity contribution in [3.8, 4) is 0 Å². The van der Waals surface area contributed by atoms with E-state index >= 15 is 0 Å². The van der Waals surface area contributed by atoms with Gasteiger partial charge in [0.15, 0.2) is 0 Å². The molecule has 0 aliphatic rings. The second-order valence-electron chi connectivity index (χ2n) is 3.61. The lowest BCUT2D eigenvalue weighted by Crippen LogP contribution is -2.51. The number of hydrogen-bond acceptors (Lipinski definition) is 4. The minimum atomic E-state index is -2.77. The molecule has 0 amide bonds. The molecule has 1 N–H and O–H groups in total. The summed E-state index contributed by atoms with van der Waals surface area (Å²) in [5, 5.41) is 9.52. The summed E-state index contributed by atoms with van der Waals surface area (Å²) in [5.41, 5.74) is -0.0823. The van der Waals surface area contributed by atoms with Crippen LogP contribution >= 0.6 is 11.6 Å². The summed E-state index contributed by atoms with van der Waals surface area (Å²) >= 11 is 5.70. The molecule has 4 nitrogen and oxygen atoms in total. The van der Waals surface area contributed by atoms with Crippen molar-refractivity contribution in [3.05, 3.63) is 0 Å². The highest BCUT2D eigenvalue weighted by atomic mass is 35.5. The third-order valence-corrected chi connectivity index (χ3v) is 6.25. The maximum absolute atomic E-state index is 9.52. The molecule has 0 heterocycles. The van der Waals surface area contributed by atoms with Crippen LogP contribution < -0.4 is 0 Å². The summed E-state index contributed by atoms with van der Waals surface area (Å²) in [6.07, 6.45) is 1.60. The fourth-order valence-electron chi connectivity index (χ4n) is 1.79. The van der Waals surface area contributed by atoms with Crippen LogP contribution in [0.2, 0.25) is 5.54 Å². The fourth-order valence-corrected chi connectivity index (χ4v) is 4.89. The Labute approximate surface area is 111 Å². The molecule has 0 saturated heterocycles. The molecule has 0 aromatic heterocycles. The van der Waals surface area contributed by atoms with Gasteiger partial charge < -0.3 is 18.4 Å². The summed E-state index contributed by atoms with van der Waals surface area (Å²) in [6.45, 7) is 7.35. The Morgan fingerprint density at radius 3 is 1.82 bits per heavy atom. The van der Waals surface area contributed by atoms with Crippen molar-refractivity contribution in [1.29, 1.82) is 0 Å². The molecule has 0 bridgehead atoms. The minimum absolute atomic E-state index is 0.0170. The number of rotatable bonds is 11. The molecule has 0 fully saturated rings. The predicted molar refractivity (Wildman–Crippen MR) is 71.4 cm³/mol. The molecule has 0 radical (unpaired) electrons. The Bertz CT molecular complexity index is 166. The van der Waals surface area contributed by atoms with Gasteiger partial charge in [-0.2, -0.15) is 0 Å². The number of alkyl halides is 1. The van der Waals surface area contributed by atoms with E-state index in [0.29, 0.717) is 25.7 Å². The lowest BCUT2D eigenvalue weighted by Gasteiger charge is -2.34. The van der Waals surface area contributed by atoms with Crippen LogP contribution in [0.4, 0.5) is 0 Å². The van der Waals surface area contributed by atoms with Gasteiger partial charge in [-0.1, -0.05) is 0 Å². The van der Waals surface area contributed by atoms with E-state index in [2.05, 4.69) is 0 Å². The molecule has 0 saturated carbocycles. The lowest BCUT2D eigenvalue weighted by atomic mass is 10.2. The lowest BCUT2D eigenvalue weighted by molar-refractivity contribution is 0.0514. The molecule has 1 unspecified atom stereocenters. The third-order valence-electron chi connectivity index (χ3n) is 2.44. The minimum Gasteiger partial charge on any atom is -0.396 e. The average molecular weight is 285 g/mol. The summed E-state index contributed by atoms with van der Waals surface area (Å²) < 4.78 is 17.3. The van der Waals surface area contributed by atoms with Crippen LogP contribution in [-0.2, 0) is 13.3 Å². The Balaban J connectivity index is 4.76. The number of hydrogen-bond donors (Lipinski definition) is 1. The van der Waals surface area contributed by atoms with Gasteiger partial charge in [0, 0.05) is 25.7 Å². The van der Waals surface area contributed by atoms with E-state index < -0.39 is 8.80 Å². The quantitative estimate of drug-likeness (QED) is 0.468. The molecule has 6 heteroatoms. The van der Waals surface area contributed by atoms with Gasteiger partial charge in [-0.15, -0.1) is 11.6 Å². The maximum atomic E-state index is 9.52. The highest BCUT2D eigenvalue weighted by Gasteiger charge is 2.48. The first-order valence-corrected chi connectivity index (χ1v) is 8.62. The smallest absolute Gasteiger partial charge is 0.396 e. The van der Waals surface area contributed by atoms with E-state index in [-0.39, 0.29) is 12.1 Å². The molecule has 0 aliphatic carbocycles. The van der Waals surface area contributed by atoms with Crippen LogP contribution in [-0.4, -0.2) is 46.2 Å². The van der Waals surface area contributed by atoms with Crippen molar-refractivity contribution in [1.82, 2.24) is 0 Å². The number of aliphatic hydroxyl groups excluding tert-OH is 1. The van der Waals surface area contributed by atoms with Crippen molar-refractivity contribution in [2.24, 2.45) is 0 Å². The zero-order valence-electron chi connectivity index (χ0n) is 11.1. The molecule has 104 valence electrons. The van der Waals surface area contributed by atoms with Gasteiger partial charge in [-0.3, -0.25) is 0 Å². The fraction of sp³-hybridized carbons (Fsp3) is 1.00. The second kappa shape index (κ2) is 10.3. The van der Waals surface area contributed by atoms with E-state index in [1.165, 1.54) is 0 Å². The molecule has 0 aromatic rings. The van der Waals surface area contributed by atoms with Crippen molar-refractivity contribution < 1.29 is 18.4 Å². The largest absolute Gasteiger partial charge is 0.506 e. The van der Waals surface area contributed by atoms with Crippen LogP contribution in [0.5, 0.6) is 0 Å². The topological polar surface area (TPSA) is 47.9 Å². The Hall–Kier alpha value is 0.347. The van der Waals surface area contributed by atoms with Gasteiger partial charge in [0.2, 0.25) is 0 Å². The predicted octanol–water partition coefficient (Wildman–Crippen LogP) is 2.42. The Kier molecular flexibility index (Phi) is 10.5. The monoisotopic (exact) mass is 284 g/mol. The molecule has 0 aliphatic heterocycles. The number of halogens is 1. The van der Waals surface area contributed by atoms with Gasteiger partial charge in [0.25, 0.3) is 0 Å². The maximum Gasteiger partial charge on any atom is 0.506 e. The molecule has 0 aromatic carbocycles. The van der Waals surface area contributed by atoms with Crippen LogP contribution in [0.1, 0.15) is 33.6 Å². The number of aliphatic hydroxyl groups is 1. The molecule has 0 rings (SSSR count). The van der Waals surface area contributed by atoms with Crippen LogP contribution in [0.25, 0.3) is 0 Å². The van der Waals surface area contributed by atoms with E-state index in [1.54, 1.807) is 0 Å². The molecule has 17 heavy (non-hydrogen) atoms. The van der Waals surface area contributed by atoms with E-state index in [9.17, 15) is 5.11 Å². The van der Waals surface area contributed by atoms with Crippen LogP contribution in [0, 0.1) is 0 Å². The normalized spacial score (nSPS) is 13.9. The molecule has 1 atom stereocenters. The highest BCUT2D eigenvalue weighted by molar-refractivity contribution is 6.62. The van der Waals surface area contributed by atoms with Gasteiger partial charge in [-0.25, -0.2) is 0 Å². The average Bonchev–Trinajstić information content (AvgIpc) is 2.31. The second-order valence-corrected chi connectivity index (χ2v) is 6.88. The standard InChI is InChI=1S/C11H25ClO4Si/c1-4-14-17(15-5-2,16-6-3)11(10-13)8-7-9-12/h11,13H,4-10H2,1-3H3. The van der Waals surface area contributed by atoms with Crippen molar-refractivity contribution in [2.75, 3.05) is 32.3 Å². The summed E-state index contributed by atoms with van der Waals surface area (Å²) in [7, 11) is -2.77. The molecular weight excluding hydrogens is 260 g/mol.